The number of rotatable bonds is 2. The number of aromatic nitrogens is 2. The van der Waals surface area contributed by atoms with Gasteiger partial charge in [-0.2, -0.15) is 0 Å². The predicted molar refractivity (Wildman–Crippen MR) is 56.0 cm³/mol. The van der Waals surface area contributed by atoms with Gasteiger partial charge in [0.25, 0.3) is 0 Å². The third kappa shape index (κ3) is 1.90. The van der Waals surface area contributed by atoms with Crippen molar-refractivity contribution in [1.82, 2.24) is 9.97 Å². The van der Waals surface area contributed by atoms with E-state index in [2.05, 4.69) is 9.97 Å². The Kier molecular flexibility index (Phi) is 2.62. The van der Waals surface area contributed by atoms with Crippen LogP contribution in [0.2, 0.25) is 5.28 Å². The summed E-state index contributed by atoms with van der Waals surface area (Å²) in [6.45, 7) is 0. The van der Waals surface area contributed by atoms with Gasteiger partial charge in [0, 0.05) is 5.56 Å². The summed E-state index contributed by atoms with van der Waals surface area (Å²) in [7, 11) is 0. The van der Waals surface area contributed by atoms with E-state index < -0.39 is 11.8 Å². The lowest BCUT2D eigenvalue weighted by Crippen LogP contribution is -1.99. The minimum absolute atomic E-state index is 0.0169. The maximum atomic E-state index is 12.7. The third-order valence-electron chi connectivity index (χ3n) is 2.01. The van der Waals surface area contributed by atoms with Crippen LogP contribution in [0, 0.1) is 5.82 Å². The summed E-state index contributed by atoms with van der Waals surface area (Å²) in [6.07, 6.45) is 0. The number of benzene rings is 1. The van der Waals surface area contributed by atoms with E-state index in [4.69, 9.17) is 16.7 Å². The summed E-state index contributed by atoms with van der Waals surface area (Å²) < 4.78 is 12.7. The molecule has 0 aliphatic heterocycles. The minimum atomic E-state index is -1.17. The summed E-state index contributed by atoms with van der Waals surface area (Å²) >= 11 is 5.59. The number of halogens is 2. The average Bonchev–Trinajstić information content (AvgIpc) is 2.61. The molecule has 0 radical (unpaired) electrons. The molecule has 6 heteroatoms. The first-order valence-corrected chi connectivity index (χ1v) is 4.70. The Labute approximate surface area is 94.7 Å². The molecule has 0 saturated heterocycles. The molecule has 0 aliphatic rings. The van der Waals surface area contributed by atoms with Crippen LogP contribution in [0.4, 0.5) is 4.39 Å². The van der Waals surface area contributed by atoms with E-state index in [0.717, 1.165) is 0 Å². The van der Waals surface area contributed by atoms with Crippen molar-refractivity contribution in [2.45, 2.75) is 0 Å². The molecule has 2 aromatic rings. The average molecular weight is 241 g/mol. The Morgan fingerprint density at radius 3 is 2.56 bits per heavy atom. The molecular weight excluding hydrogens is 235 g/mol. The second-order valence-corrected chi connectivity index (χ2v) is 3.42. The van der Waals surface area contributed by atoms with Gasteiger partial charge in [0.05, 0.1) is 0 Å². The first-order valence-electron chi connectivity index (χ1n) is 4.32. The molecule has 16 heavy (non-hydrogen) atoms. The topological polar surface area (TPSA) is 66.0 Å². The van der Waals surface area contributed by atoms with Crippen molar-refractivity contribution in [2.75, 3.05) is 0 Å². The number of H-pyrrole nitrogens is 1. The van der Waals surface area contributed by atoms with Crippen LogP contribution < -0.4 is 0 Å². The zero-order valence-electron chi connectivity index (χ0n) is 7.87. The van der Waals surface area contributed by atoms with Crippen LogP contribution in [0.5, 0.6) is 0 Å². The Morgan fingerprint density at radius 1 is 1.38 bits per heavy atom. The normalized spacial score (nSPS) is 10.4. The van der Waals surface area contributed by atoms with Crippen molar-refractivity contribution < 1.29 is 14.3 Å². The lowest BCUT2D eigenvalue weighted by atomic mass is 10.1. The van der Waals surface area contributed by atoms with Crippen LogP contribution in [0.3, 0.4) is 0 Å². The quantitative estimate of drug-likeness (QED) is 0.848. The molecule has 0 aliphatic carbocycles. The van der Waals surface area contributed by atoms with Crippen molar-refractivity contribution in [2.24, 2.45) is 0 Å². The molecule has 0 atom stereocenters. The fourth-order valence-corrected chi connectivity index (χ4v) is 1.49. The Morgan fingerprint density at radius 2 is 2.00 bits per heavy atom. The highest BCUT2D eigenvalue weighted by Crippen LogP contribution is 2.23. The zero-order chi connectivity index (χ0) is 11.7. The van der Waals surface area contributed by atoms with Crippen LogP contribution in [0.15, 0.2) is 24.3 Å². The maximum absolute atomic E-state index is 12.7. The SMILES string of the molecule is O=C(O)c1[nH]c(Cl)nc1-c1ccc(F)cc1. The van der Waals surface area contributed by atoms with E-state index in [0.29, 0.717) is 5.56 Å². The van der Waals surface area contributed by atoms with Gasteiger partial charge < -0.3 is 10.1 Å². The van der Waals surface area contributed by atoms with E-state index in [1.54, 1.807) is 0 Å². The Hall–Kier alpha value is -1.88. The van der Waals surface area contributed by atoms with Crippen LogP contribution in [0.25, 0.3) is 11.3 Å². The van der Waals surface area contributed by atoms with Gasteiger partial charge in [0.2, 0.25) is 5.28 Å². The van der Waals surface area contributed by atoms with Gasteiger partial charge in [-0.25, -0.2) is 14.2 Å². The molecule has 0 bridgehead atoms. The zero-order valence-corrected chi connectivity index (χ0v) is 8.62. The molecular formula is C10H6ClFN2O2. The monoisotopic (exact) mass is 240 g/mol. The van der Waals surface area contributed by atoms with Crippen molar-refractivity contribution in [3.8, 4) is 11.3 Å². The molecule has 1 aromatic heterocycles. The van der Waals surface area contributed by atoms with Gasteiger partial charge in [-0.05, 0) is 35.9 Å². The van der Waals surface area contributed by atoms with Crippen LogP contribution in [0.1, 0.15) is 10.5 Å². The number of carboxylic acids is 1. The number of carbonyl (C=O) groups is 1. The van der Waals surface area contributed by atoms with Gasteiger partial charge >= 0.3 is 5.97 Å². The third-order valence-corrected chi connectivity index (χ3v) is 2.19. The number of carboxylic acid groups (broad SMARTS) is 1. The van der Waals surface area contributed by atoms with Gasteiger partial charge in [-0.3, -0.25) is 0 Å². The largest absolute Gasteiger partial charge is 0.477 e. The van der Waals surface area contributed by atoms with Gasteiger partial charge in [-0.15, -0.1) is 0 Å². The number of nitrogens with one attached hydrogen (secondary N) is 1. The van der Waals surface area contributed by atoms with Crippen molar-refractivity contribution in [3.63, 3.8) is 0 Å². The standard InChI is InChI=1S/C10H6ClFN2O2/c11-10-13-7(8(14-10)9(15)16)5-1-3-6(12)4-2-5/h1-4H,(H,13,14)(H,15,16). The van der Waals surface area contributed by atoms with E-state index in [1.807, 2.05) is 0 Å². The summed E-state index contributed by atoms with van der Waals surface area (Å²) in [6, 6.07) is 5.33. The molecule has 82 valence electrons. The molecule has 0 spiro atoms. The number of hydrogen-bond acceptors (Lipinski definition) is 2. The van der Waals surface area contributed by atoms with E-state index in [-0.39, 0.29) is 16.7 Å². The second-order valence-electron chi connectivity index (χ2n) is 3.06. The molecule has 0 saturated carbocycles. The summed E-state index contributed by atoms with van der Waals surface area (Å²) in [5.74, 6) is -1.57. The smallest absolute Gasteiger partial charge is 0.354 e. The van der Waals surface area contributed by atoms with Crippen LogP contribution in [-0.2, 0) is 0 Å². The van der Waals surface area contributed by atoms with Crippen LogP contribution >= 0.6 is 11.6 Å². The van der Waals surface area contributed by atoms with Crippen molar-refractivity contribution >= 4 is 17.6 Å². The van der Waals surface area contributed by atoms with Crippen molar-refractivity contribution in [1.29, 1.82) is 0 Å². The second kappa shape index (κ2) is 3.94. The highest BCUT2D eigenvalue weighted by molar-refractivity contribution is 6.28. The summed E-state index contributed by atoms with van der Waals surface area (Å²) in [5, 5.41) is 8.87. The molecule has 4 nitrogen and oxygen atoms in total. The Bertz CT molecular complexity index is 536. The molecule has 2 rings (SSSR count). The summed E-state index contributed by atoms with van der Waals surface area (Å²) in [4.78, 5) is 17.1. The fraction of sp³-hybridized carbons (Fsp3) is 0. The summed E-state index contributed by atoms with van der Waals surface area (Å²) in [5.41, 5.74) is 0.566. The maximum Gasteiger partial charge on any atom is 0.354 e. The first kappa shape index (κ1) is 10.6. The lowest BCUT2D eigenvalue weighted by molar-refractivity contribution is 0.0692. The minimum Gasteiger partial charge on any atom is -0.477 e. The predicted octanol–water partition coefficient (Wildman–Crippen LogP) is 2.57. The number of aromatic carboxylic acids is 1. The number of nitrogens with zero attached hydrogens (tertiary/aromatic N) is 1. The van der Waals surface area contributed by atoms with E-state index in [1.165, 1.54) is 24.3 Å². The molecule has 0 unspecified atom stereocenters. The lowest BCUT2D eigenvalue weighted by Gasteiger charge is -1.98. The first-order chi connectivity index (χ1) is 7.58. The van der Waals surface area contributed by atoms with Crippen LogP contribution in [-0.4, -0.2) is 21.0 Å². The molecule has 1 aromatic carbocycles. The van der Waals surface area contributed by atoms with Gasteiger partial charge in [0.15, 0.2) is 5.69 Å². The molecule has 0 fully saturated rings. The van der Waals surface area contributed by atoms with Crippen molar-refractivity contribution in [3.05, 3.63) is 41.1 Å². The number of hydrogen-bond donors (Lipinski definition) is 2. The number of aromatic amines is 1. The molecule has 1 heterocycles. The number of imidazole rings is 1. The van der Waals surface area contributed by atoms with E-state index >= 15 is 0 Å². The highest BCUT2D eigenvalue weighted by Gasteiger charge is 2.16. The fourth-order valence-electron chi connectivity index (χ4n) is 1.32. The molecule has 2 N–H and O–H groups in total. The Balaban J connectivity index is 2.55. The van der Waals surface area contributed by atoms with Gasteiger partial charge in [-0.1, -0.05) is 0 Å². The molecule has 0 amide bonds. The van der Waals surface area contributed by atoms with E-state index in [9.17, 15) is 9.18 Å². The highest BCUT2D eigenvalue weighted by atomic mass is 35.5. The van der Waals surface area contributed by atoms with Gasteiger partial charge in [0.1, 0.15) is 11.5 Å².